The second kappa shape index (κ2) is 6.84. The Hall–Kier alpha value is -3.03. The zero-order valence-electron chi connectivity index (χ0n) is 14.7. The monoisotopic (exact) mass is 343 g/mol. The summed E-state index contributed by atoms with van der Waals surface area (Å²) in [4.78, 5) is 12.4. The van der Waals surface area contributed by atoms with Crippen molar-refractivity contribution < 1.29 is 14.3 Å². The molecule has 0 aliphatic rings. The van der Waals surface area contributed by atoms with Gasteiger partial charge in [-0.3, -0.25) is 9.48 Å². The molecule has 2 heterocycles. The van der Waals surface area contributed by atoms with Crippen LogP contribution >= 0.6 is 0 Å². The molecular formula is C17H21N5O3. The summed E-state index contributed by atoms with van der Waals surface area (Å²) in [5.41, 5.74) is 1.87. The summed E-state index contributed by atoms with van der Waals surface area (Å²) in [5, 5.41) is 12.2. The van der Waals surface area contributed by atoms with Crippen LogP contribution in [0.4, 0.5) is 5.69 Å². The number of anilines is 1. The topological polar surface area (TPSA) is 83.2 Å². The number of amides is 1. The lowest BCUT2D eigenvalue weighted by Gasteiger charge is -2.04. The molecule has 0 fully saturated rings. The normalized spacial score (nSPS) is 10.9. The molecule has 0 aliphatic heterocycles. The van der Waals surface area contributed by atoms with Gasteiger partial charge in [-0.05, 0) is 32.0 Å². The molecule has 25 heavy (non-hydrogen) atoms. The minimum atomic E-state index is -0.303. The number of nitrogens with zero attached hydrogens (tertiary/aromatic N) is 4. The summed E-state index contributed by atoms with van der Waals surface area (Å²) in [7, 11) is 3.59. The molecule has 3 aromatic rings. The van der Waals surface area contributed by atoms with Crippen molar-refractivity contribution in [3.8, 4) is 11.8 Å². The number of fused-ring (bicyclic) bond motifs is 1. The highest BCUT2D eigenvalue weighted by atomic mass is 16.5. The smallest absolute Gasteiger partial charge is 0.276 e. The van der Waals surface area contributed by atoms with Crippen LogP contribution in [0, 0.1) is 0 Å². The molecule has 132 valence electrons. The van der Waals surface area contributed by atoms with Crippen molar-refractivity contribution in [2.45, 2.75) is 13.8 Å². The Morgan fingerprint density at radius 1 is 1.08 bits per heavy atom. The fourth-order valence-electron chi connectivity index (χ4n) is 2.59. The van der Waals surface area contributed by atoms with Gasteiger partial charge in [0.15, 0.2) is 5.69 Å². The summed E-state index contributed by atoms with van der Waals surface area (Å²) in [6, 6.07) is 7.18. The second-order valence-corrected chi connectivity index (χ2v) is 5.47. The third kappa shape index (κ3) is 3.28. The Balaban J connectivity index is 1.85. The zero-order valence-corrected chi connectivity index (χ0v) is 14.7. The van der Waals surface area contributed by atoms with Crippen LogP contribution in [0.3, 0.4) is 0 Å². The van der Waals surface area contributed by atoms with E-state index in [1.807, 2.05) is 39.1 Å². The largest absolute Gasteiger partial charge is 0.478 e. The van der Waals surface area contributed by atoms with Crippen LogP contribution in [0.15, 0.2) is 24.3 Å². The third-order valence-corrected chi connectivity index (χ3v) is 3.72. The molecular weight excluding hydrogens is 322 g/mol. The molecule has 0 atom stereocenters. The average Bonchev–Trinajstić information content (AvgIpc) is 3.09. The van der Waals surface area contributed by atoms with E-state index < -0.39 is 0 Å². The van der Waals surface area contributed by atoms with E-state index in [1.54, 1.807) is 17.8 Å². The van der Waals surface area contributed by atoms with Gasteiger partial charge in [-0.1, -0.05) is 0 Å². The Morgan fingerprint density at radius 3 is 2.56 bits per heavy atom. The highest BCUT2D eigenvalue weighted by Crippen LogP contribution is 2.27. The van der Waals surface area contributed by atoms with E-state index in [4.69, 9.17) is 9.47 Å². The van der Waals surface area contributed by atoms with Gasteiger partial charge in [0.1, 0.15) is 0 Å². The summed E-state index contributed by atoms with van der Waals surface area (Å²) < 4.78 is 14.3. The zero-order chi connectivity index (χ0) is 18.0. The molecule has 0 radical (unpaired) electrons. The van der Waals surface area contributed by atoms with Crippen LogP contribution < -0.4 is 14.8 Å². The summed E-state index contributed by atoms with van der Waals surface area (Å²) in [6.07, 6.45) is 0. The van der Waals surface area contributed by atoms with Gasteiger partial charge >= 0.3 is 0 Å². The van der Waals surface area contributed by atoms with Crippen molar-refractivity contribution in [3.05, 3.63) is 30.0 Å². The Labute approximate surface area is 145 Å². The molecule has 3 rings (SSSR count). The van der Waals surface area contributed by atoms with Gasteiger partial charge in [0.05, 0.1) is 24.1 Å². The van der Waals surface area contributed by atoms with Crippen molar-refractivity contribution in [2.24, 2.45) is 14.1 Å². The molecule has 1 amide bonds. The van der Waals surface area contributed by atoms with E-state index in [1.165, 1.54) is 4.68 Å². The van der Waals surface area contributed by atoms with Gasteiger partial charge in [0, 0.05) is 25.8 Å². The van der Waals surface area contributed by atoms with Crippen molar-refractivity contribution >= 4 is 22.5 Å². The SMILES string of the molecule is CCOc1nn(C)c2ccc(NC(=O)c3cc(OCC)n(C)n3)cc12. The molecule has 8 heteroatoms. The molecule has 1 aromatic carbocycles. The van der Waals surface area contributed by atoms with Crippen molar-refractivity contribution in [3.63, 3.8) is 0 Å². The van der Waals surface area contributed by atoms with Crippen molar-refractivity contribution in [1.82, 2.24) is 19.6 Å². The molecule has 0 aliphatic carbocycles. The van der Waals surface area contributed by atoms with Crippen molar-refractivity contribution in [1.29, 1.82) is 0 Å². The molecule has 0 saturated heterocycles. The number of hydrogen-bond acceptors (Lipinski definition) is 5. The van der Waals surface area contributed by atoms with E-state index in [0.717, 1.165) is 10.9 Å². The molecule has 0 saturated carbocycles. The number of benzene rings is 1. The average molecular weight is 343 g/mol. The lowest BCUT2D eigenvalue weighted by molar-refractivity contribution is 0.102. The predicted octanol–water partition coefficient (Wildman–Crippen LogP) is 2.36. The number of nitrogens with one attached hydrogen (secondary N) is 1. The molecule has 0 unspecified atom stereocenters. The minimum Gasteiger partial charge on any atom is -0.478 e. The number of aromatic nitrogens is 4. The van der Waals surface area contributed by atoms with E-state index in [-0.39, 0.29) is 5.91 Å². The van der Waals surface area contributed by atoms with Crippen LogP contribution in [0.25, 0.3) is 10.9 Å². The van der Waals surface area contributed by atoms with Crippen LogP contribution in [0.2, 0.25) is 0 Å². The van der Waals surface area contributed by atoms with E-state index in [2.05, 4.69) is 15.5 Å². The lowest BCUT2D eigenvalue weighted by atomic mass is 10.2. The molecule has 0 spiro atoms. The Bertz CT molecular complexity index is 913. The molecule has 0 bridgehead atoms. The number of carbonyl (C=O) groups is 1. The summed E-state index contributed by atoms with van der Waals surface area (Å²) >= 11 is 0. The standard InChI is InChI=1S/C17H21N5O3/c1-5-24-15-10-13(19-22(15)4)16(23)18-11-7-8-14-12(9-11)17(25-6-2)20-21(14)3/h7-10H,5-6H2,1-4H3,(H,18,23). The molecule has 2 aromatic heterocycles. The van der Waals surface area contributed by atoms with Crippen LogP contribution in [-0.2, 0) is 14.1 Å². The van der Waals surface area contributed by atoms with Crippen LogP contribution in [-0.4, -0.2) is 38.7 Å². The predicted molar refractivity (Wildman–Crippen MR) is 94.2 cm³/mol. The number of rotatable bonds is 6. The Kier molecular flexibility index (Phi) is 4.60. The maximum absolute atomic E-state index is 12.4. The van der Waals surface area contributed by atoms with Crippen LogP contribution in [0.5, 0.6) is 11.8 Å². The minimum absolute atomic E-state index is 0.294. The quantitative estimate of drug-likeness (QED) is 0.743. The maximum Gasteiger partial charge on any atom is 0.276 e. The fraction of sp³-hybridized carbons (Fsp3) is 0.353. The van der Waals surface area contributed by atoms with E-state index in [0.29, 0.717) is 36.4 Å². The fourth-order valence-corrected chi connectivity index (χ4v) is 2.59. The number of aryl methyl sites for hydroxylation is 2. The molecule has 1 N–H and O–H groups in total. The third-order valence-electron chi connectivity index (χ3n) is 3.72. The van der Waals surface area contributed by atoms with Gasteiger partial charge in [-0.25, -0.2) is 4.68 Å². The van der Waals surface area contributed by atoms with Gasteiger partial charge in [-0.2, -0.15) is 5.10 Å². The highest BCUT2D eigenvalue weighted by Gasteiger charge is 2.15. The molecule has 8 nitrogen and oxygen atoms in total. The Morgan fingerprint density at radius 2 is 1.84 bits per heavy atom. The van der Waals surface area contributed by atoms with Gasteiger partial charge in [0.25, 0.3) is 5.91 Å². The lowest BCUT2D eigenvalue weighted by Crippen LogP contribution is -2.13. The van der Waals surface area contributed by atoms with Gasteiger partial charge in [0.2, 0.25) is 11.8 Å². The van der Waals surface area contributed by atoms with Gasteiger partial charge < -0.3 is 14.8 Å². The maximum atomic E-state index is 12.4. The van der Waals surface area contributed by atoms with E-state index >= 15 is 0 Å². The second-order valence-electron chi connectivity index (χ2n) is 5.47. The number of carbonyl (C=O) groups excluding carboxylic acids is 1. The summed E-state index contributed by atoms with van der Waals surface area (Å²) in [6.45, 7) is 4.82. The first-order valence-electron chi connectivity index (χ1n) is 8.11. The van der Waals surface area contributed by atoms with E-state index in [9.17, 15) is 4.79 Å². The summed E-state index contributed by atoms with van der Waals surface area (Å²) in [5.74, 6) is 0.796. The first kappa shape index (κ1) is 16.8. The van der Waals surface area contributed by atoms with Crippen molar-refractivity contribution in [2.75, 3.05) is 18.5 Å². The first-order chi connectivity index (χ1) is 12.0. The number of hydrogen-bond donors (Lipinski definition) is 1. The first-order valence-corrected chi connectivity index (χ1v) is 8.11. The van der Waals surface area contributed by atoms with Gasteiger partial charge in [-0.15, -0.1) is 5.10 Å². The highest BCUT2D eigenvalue weighted by molar-refractivity contribution is 6.04. The number of ether oxygens (including phenoxy) is 2. The van der Waals surface area contributed by atoms with Crippen LogP contribution in [0.1, 0.15) is 24.3 Å².